The molecule has 2 rings (SSSR count). The quantitative estimate of drug-likeness (QED) is 0.847. The van der Waals surface area contributed by atoms with Crippen LogP contribution in [0, 0.1) is 8.99 Å². The van der Waals surface area contributed by atoms with E-state index in [4.69, 9.17) is 10.5 Å². The summed E-state index contributed by atoms with van der Waals surface area (Å²) >= 11 is 2.31. The highest BCUT2D eigenvalue weighted by molar-refractivity contribution is 14.1. The lowest BCUT2D eigenvalue weighted by molar-refractivity contribution is -0.0722. The first-order valence-electron chi connectivity index (χ1n) is 6.30. The zero-order valence-electron chi connectivity index (χ0n) is 10.4. The maximum absolute atomic E-state index is 6.17. The first kappa shape index (κ1) is 13.1. The van der Waals surface area contributed by atoms with Crippen LogP contribution in [0.15, 0.2) is 24.3 Å². The predicted octanol–water partition coefficient (Wildman–Crippen LogP) is 3.58. The maximum Gasteiger partial charge on any atom is 0.120 e. The molecule has 17 heavy (non-hydrogen) atoms. The van der Waals surface area contributed by atoms with Gasteiger partial charge in [0.25, 0.3) is 0 Å². The van der Waals surface area contributed by atoms with Crippen LogP contribution in [0.4, 0.5) is 0 Å². The Bertz CT molecular complexity index is 390. The summed E-state index contributed by atoms with van der Waals surface area (Å²) in [5.74, 6) is 0.972. The summed E-state index contributed by atoms with van der Waals surface area (Å²) < 4.78 is 7.32. The number of halogens is 1. The molecule has 1 aromatic rings. The molecule has 0 amide bonds. The van der Waals surface area contributed by atoms with Crippen molar-refractivity contribution in [3.05, 3.63) is 27.8 Å². The molecule has 1 aromatic carbocycles. The summed E-state index contributed by atoms with van der Waals surface area (Å²) in [5.41, 5.74) is 6.35. The Morgan fingerprint density at radius 2 is 2.12 bits per heavy atom. The molecule has 2 atom stereocenters. The molecular formula is C14H20INO. The van der Waals surface area contributed by atoms with Gasteiger partial charge in [0, 0.05) is 21.4 Å². The molecule has 0 spiro atoms. The van der Waals surface area contributed by atoms with Crippen molar-refractivity contribution in [2.45, 2.75) is 45.3 Å². The van der Waals surface area contributed by atoms with E-state index in [0.717, 1.165) is 25.0 Å². The van der Waals surface area contributed by atoms with Gasteiger partial charge in [-0.1, -0.05) is 19.9 Å². The molecule has 1 fully saturated rings. The molecule has 1 saturated carbocycles. The molecule has 1 aliphatic rings. The summed E-state index contributed by atoms with van der Waals surface area (Å²) in [6, 6.07) is 8.52. The fraction of sp³-hybridized carbons (Fsp3) is 0.571. The number of nitrogens with two attached hydrogens (primary N) is 1. The van der Waals surface area contributed by atoms with Crippen LogP contribution in [-0.2, 0) is 0 Å². The van der Waals surface area contributed by atoms with Crippen LogP contribution in [0.5, 0.6) is 5.75 Å². The Labute approximate surface area is 117 Å². The Balaban J connectivity index is 2.10. The van der Waals surface area contributed by atoms with Crippen LogP contribution >= 0.6 is 22.6 Å². The standard InChI is InChI=1S/C14H20INO/c1-3-14(4-2)12(16)9-13(14)17-11-7-5-6-10(15)8-11/h5-8,12-13H,3-4,9,16H2,1-2H3. The van der Waals surface area contributed by atoms with Gasteiger partial charge in [-0.3, -0.25) is 0 Å². The van der Waals surface area contributed by atoms with E-state index in [0.29, 0.717) is 6.04 Å². The van der Waals surface area contributed by atoms with Crippen LogP contribution in [0.3, 0.4) is 0 Å². The Morgan fingerprint density at radius 3 is 2.65 bits per heavy atom. The average molecular weight is 345 g/mol. The molecule has 0 heterocycles. The van der Waals surface area contributed by atoms with Gasteiger partial charge in [0.15, 0.2) is 0 Å². The minimum absolute atomic E-state index is 0.182. The fourth-order valence-electron chi connectivity index (χ4n) is 2.88. The van der Waals surface area contributed by atoms with E-state index in [-0.39, 0.29) is 11.5 Å². The van der Waals surface area contributed by atoms with Gasteiger partial charge in [0.1, 0.15) is 11.9 Å². The molecule has 2 N–H and O–H groups in total. The lowest BCUT2D eigenvalue weighted by Crippen LogP contribution is -2.62. The van der Waals surface area contributed by atoms with E-state index >= 15 is 0 Å². The van der Waals surface area contributed by atoms with E-state index in [9.17, 15) is 0 Å². The van der Waals surface area contributed by atoms with Gasteiger partial charge in [0.05, 0.1) is 0 Å². The Hall–Kier alpha value is -0.290. The number of ether oxygens (including phenoxy) is 1. The monoisotopic (exact) mass is 345 g/mol. The topological polar surface area (TPSA) is 35.2 Å². The van der Waals surface area contributed by atoms with Gasteiger partial charge >= 0.3 is 0 Å². The number of hydrogen-bond acceptors (Lipinski definition) is 2. The van der Waals surface area contributed by atoms with E-state index in [1.807, 2.05) is 12.1 Å². The zero-order chi connectivity index (χ0) is 12.5. The third-order valence-electron chi connectivity index (χ3n) is 4.24. The average Bonchev–Trinajstić information content (AvgIpc) is 2.30. The molecular weight excluding hydrogens is 325 g/mol. The fourth-order valence-corrected chi connectivity index (χ4v) is 3.39. The highest BCUT2D eigenvalue weighted by Gasteiger charge is 2.52. The van der Waals surface area contributed by atoms with Gasteiger partial charge in [-0.2, -0.15) is 0 Å². The second kappa shape index (κ2) is 5.14. The van der Waals surface area contributed by atoms with Crippen molar-refractivity contribution in [1.29, 1.82) is 0 Å². The van der Waals surface area contributed by atoms with Crippen molar-refractivity contribution in [3.63, 3.8) is 0 Å². The molecule has 0 radical (unpaired) electrons. The zero-order valence-corrected chi connectivity index (χ0v) is 12.6. The highest BCUT2D eigenvalue weighted by atomic mass is 127. The van der Waals surface area contributed by atoms with Gasteiger partial charge in [-0.05, 0) is 53.6 Å². The second-order valence-electron chi connectivity index (χ2n) is 4.85. The summed E-state index contributed by atoms with van der Waals surface area (Å²) in [5, 5.41) is 0. The van der Waals surface area contributed by atoms with Crippen molar-refractivity contribution in [2.75, 3.05) is 0 Å². The molecule has 0 aromatic heterocycles. The van der Waals surface area contributed by atoms with Crippen molar-refractivity contribution in [3.8, 4) is 5.75 Å². The van der Waals surface area contributed by atoms with Crippen LogP contribution < -0.4 is 10.5 Å². The SMILES string of the molecule is CCC1(CC)C(N)CC1Oc1cccc(I)c1. The first-order valence-corrected chi connectivity index (χ1v) is 7.38. The smallest absolute Gasteiger partial charge is 0.120 e. The van der Waals surface area contributed by atoms with E-state index in [2.05, 4.69) is 48.6 Å². The van der Waals surface area contributed by atoms with Crippen LogP contribution in [0.1, 0.15) is 33.1 Å². The summed E-state index contributed by atoms with van der Waals surface area (Å²) in [4.78, 5) is 0. The normalized spacial score (nSPS) is 26.4. The molecule has 0 bridgehead atoms. The number of hydrogen-bond donors (Lipinski definition) is 1. The third kappa shape index (κ3) is 2.32. The van der Waals surface area contributed by atoms with Gasteiger partial charge in [-0.25, -0.2) is 0 Å². The van der Waals surface area contributed by atoms with E-state index < -0.39 is 0 Å². The van der Waals surface area contributed by atoms with Crippen LogP contribution in [0.25, 0.3) is 0 Å². The Kier molecular flexibility index (Phi) is 3.98. The number of benzene rings is 1. The molecule has 94 valence electrons. The first-order chi connectivity index (χ1) is 8.12. The van der Waals surface area contributed by atoms with Gasteiger partial charge in [-0.15, -0.1) is 0 Å². The van der Waals surface area contributed by atoms with Crippen molar-refractivity contribution < 1.29 is 4.74 Å². The van der Waals surface area contributed by atoms with Crippen molar-refractivity contribution >= 4 is 22.6 Å². The molecule has 2 nitrogen and oxygen atoms in total. The van der Waals surface area contributed by atoms with Gasteiger partial charge < -0.3 is 10.5 Å². The molecule has 0 saturated heterocycles. The largest absolute Gasteiger partial charge is 0.490 e. The summed E-state index contributed by atoms with van der Waals surface area (Å²) in [6.45, 7) is 4.43. The van der Waals surface area contributed by atoms with Gasteiger partial charge in [0.2, 0.25) is 0 Å². The maximum atomic E-state index is 6.17. The highest BCUT2D eigenvalue weighted by Crippen LogP contribution is 2.47. The van der Waals surface area contributed by atoms with E-state index in [1.54, 1.807) is 0 Å². The molecule has 0 aliphatic heterocycles. The third-order valence-corrected chi connectivity index (χ3v) is 4.91. The molecule has 1 aliphatic carbocycles. The lowest BCUT2D eigenvalue weighted by Gasteiger charge is -2.53. The minimum atomic E-state index is 0.182. The minimum Gasteiger partial charge on any atom is -0.490 e. The second-order valence-corrected chi connectivity index (χ2v) is 6.09. The molecule has 2 unspecified atom stereocenters. The Morgan fingerprint density at radius 1 is 1.41 bits per heavy atom. The lowest BCUT2D eigenvalue weighted by atomic mass is 9.59. The van der Waals surface area contributed by atoms with Crippen LogP contribution in [0.2, 0.25) is 0 Å². The predicted molar refractivity (Wildman–Crippen MR) is 79.2 cm³/mol. The molecule has 3 heteroatoms. The summed E-state index contributed by atoms with van der Waals surface area (Å²) in [7, 11) is 0. The van der Waals surface area contributed by atoms with E-state index in [1.165, 1.54) is 3.57 Å². The summed E-state index contributed by atoms with van der Waals surface area (Å²) in [6.07, 6.45) is 3.46. The van der Waals surface area contributed by atoms with Crippen LogP contribution in [-0.4, -0.2) is 12.1 Å². The van der Waals surface area contributed by atoms with Crippen molar-refractivity contribution in [1.82, 2.24) is 0 Å². The number of rotatable bonds is 4. The van der Waals surface area contributed by atoms with Crippen molar-refractivity contribution in [2.24, 2.45) is 11.1 Å².